The van der Waals surface area contributed by atoms with E-state index in [0.717, 1.165) is 57.8 Å². The lowest BCUT2D eigenvalue weighted by molar-refractivity contribution is -0.870. The maximum absolute atomic E-state index is 12.9. The lowest BCUT2D eigenvalue weighted by Gasteiger charge is -2.26. The van der Waals surface area contributed by atoms with E-state index in [1.807, 2.05) is 21.1 Å². The number of carbonyl (C=O) groups is 3. The first-order valence-corrected chi connectivity index (χ1v) is 33.4. The summed E-state index contributed by atoms with van der Waals surface area (Å²) in [6.07, 6.45) is 75.7. The van der Waals surface area contributed by atoms with E-state index in [-0.39, 0.29) is 32.2 Å². The number of nitrogens with zero attached hydrogens (tertiary/aromatic N) is 1. The van der Waals surface area contributed by atoms with Gasteiger partial charge in [-0.1, -0.05) is 274 Å². The van der Waals surface area contributed by atoms with Gasteiger partial charge in [-0.2, -0.15) is 0 Å². The van der Waals surface area contributed by atoms with Gasteiger partial charge in [0.1, 0.15) is 13.2 Å². The fourth-order valence-electron chi connectivity index (χ4n) is 9.58. The van der Waals surface area contributed by atoms with E-state index in [1.165, 1.54) is 218 Å². The molecule has 9 heteroatoms. The van der Waals surface area contributed by atoms with Crippen molar-refractivity contribution >= 4 is 17.9 Å². The number of hydrogen-bond donors (Lipinski definition) is 0. The normalized spacial score (nSPS) is 13.1. The van der Waals surface area contributed by atoms with Crippen LogP contribution in [0.2, 0.25) is 0 Å². The molecule has 0 heterocycles. The summed E-state index contributed by atoms with van der Waals surface area (Å²) in [5.41, 5.74) is 0. The van der Waals surface area contributed by atoms with Crippen molar-refractivity contribution < 1.29 is 42.9 Å². The first-order chi connectivity index (χ1) is 38.6. The molecular weight excluding hydrogens is 983 g/mol. The SMILES string of the molecule is CCCCCCC/C=C\C/C=C\C/C=C\CCCCCCCCCCCCCCC(=O)OC(COC(=O)CCCCCCCCCCCCCCCCC/C=C\C/C=C\CCCCCCC)COC(OCC[N+](C)(C)C)C(=O)[O-]. The van der Waals surface area contributed by atoms with Crippen molar-refractivity contribution in [3.63, 3.8) is 0 Å². The summed E-state index contributed by atoms with van der Waals surface area (Å²) in [5, 5.41) is 11.8. The predicted molar refractivity (Wildman–Crippen MR) is 334 cm³/mol. The van der Waals surface area contributed by atoms with Crippen LogP contribution in [0.15, 0.2) is 60.8 Å². The minimum absolute atomic E-state index is 0.147. The number of likely N-dealkylation sites (N-methyl/N-ethyl adjacent to an activating group) is 1. The minimum atomic E-state index is -1.62. The molecule has 79 heavy (non-hydrogen) atoms. The molecule has 0 bridgehead atoms. The highest BCUT2D eigenvalue weighted by molar-refractivity contribution is 5.70. The highest BCUT2D eigenvalue weighted by Crippen LogP contribution is 2.17. The van der Waals surface area contributed by atoms with Crippen molar-refractivity contribution in [1.82, 2.24) is 0 Å². The summed E-state index contributed by atoms with van der Waals surface area (Å²) in [4.78, 5) is 37.4. The number of hydrogen-bond acceptors (Lipinski definition) is 8. The molecule has 9 nitrogen and oxygen atoms in total. The largest absolute Gasteiger partial charge is 0.545 e. The molecule has 0 saturated carbocycles. The fraction of sp³-hybridized carbons (Fsp3) is 0.814. The van der Waals surface area contributed by atoms with Crippen molar-refractivity contribution in [3.05, 3.63) is 60.8 Å². The van der Waals surface area contributed by atoms with Gasteiger partial charge in [0.05, 0.1) is 40.3 Å². The number of rotatable bonds is 62. The summed E-state index contributed by atoms with van der Waals surface area (Å²) in [6.45, 7) is 4.76. The number of carboxylic acid groups (broad SMARTS) is 1. The molecule has 0 rings (SSSR count). The Morgan fingerprint density at radius 1 is 0.380 bits per heavy atom. The molecule has 0 aromatic rings. The van der Waals surface area contributed by atoms with Gasteiger partial charge in [0.2, 0.25) is 0 Å². The number of unbranched alkanes of at least 4 members (excludes halogenated alkanes) is 37. The molecule has 460 valence electrons. The van der Waals surface area contributed by atoms with E-state index < -0.39 is 24.3 Å². The van der Waals surface area contributed by atoms with Crippen molar-refractivity contribution in [2.24, 2.45) is 0 Å². The lowest BCUT2D eigenvalue weighted by atomic mass is 10.0. The molecule has 0 amide bonds. The fourth-order valence-corrected chi connectivity index (χ4v) is 9.58. The van der Waals surface area contributed by atoms with Gasteiger partial charge >= 0.3 is 11.9 Å². The van der Waals surface area contributed by atoms with Crippen LogP contribution in [-0.4, -0.2) is 82.3 Å². The summed E-state index contributed by atoms with van der Waals surface area (Å²) in [5.74, 6) is -2.27. The Labute approximate surface area is 488 Å². The summed E-state index contributed by atoms with van der Waals surface area (Å²) in [6, 6.07) is 0. The number of quaternary nitrogens is 1. The Hall–Kier alpha value is -3.01. The van der Waals surface area contributed by atoms with Crippen LogP contribution in [0, 0.1) is 0 Å². The quantitative estimate of drug-likeness (QED) is 0.0195. The molecule has 0 N–H and O–H groups in total. The Bertz CT molecular complexity index is 1480. The zero-order valence-electron chi connectivity index (χ0n) is 52.5. The van der Waals surface area contributed by atoms with Crippen LogP contribution in [0.4, 0.5) is 0 Å². The zero-order valence-corrected chi connectivity index (χ0v) is 52.5. The van der Waals surface area contributed by atoms with E-state index >= 15 is 0 Å². The highest BCUT2D eigenvalue weighted by atomic mass is 16.7. The van der Waals surface area contributed by atoms with Crippen LogP contribution in [-0.2, 0) is 33.3 Å². The monoisotopic (exact) mass is 1110 g/mol. The Morgan fingerprint density at radius 3 is 1.01 bits per heavy atom. The molecule has 0 aliphatic carbocycles. The van der Waals surface area contributed by atoms with Gasteiger partial charge in [-0.05, 0) is 83.5 Å². The molecule has 0 aliphatic rings. The van der Waals surface area contributed by atoms with Crippen LogP contribution in [0.25, 0.3) is 0 Å². The second-order valence-corrected chi connectivity index (χ2v) is 23.8. The smallest absolute Gasteiger partial charge is 0.306 e. The third kappa shape index (κ3) is 62.4. The third-order valence-corrected chi connectivity index (χ3v) is 14.7. The number of ether oxygens (including phenoxy) is 4. The standard InChI is InChI=1S/C70H127NO8/c1-6-8-10-12-14-16-18-20-22-24-26-28-30-32-34-36-38-40-42-44-46-48-50-52-54-56-58-60-67(72)77-64-66(65-78-70(69(74)75)76-63-62-71(3,4)5)79-68(73)61-59-57-55-53-51-49-47-45-43-41-39-37-35-33-31-29-27-25-23-21-19-17-15-13-11-9-7-2/h18-21,24-27,31,33,66,70H,6-17,22-23,28-30,32,34-65H2,1-5H3/b20-18-,21-19-,26-24-,27-25-,33-31-. The first-order valence-electron chi connectivity index (χ1n) is 33.4. The number of allylic oxidation sites excluding steroid dienone is 10. The average Bonchev–Trinajstić information content (AvgIpc) is 3.42. The maximum atomic E-state index is 12.9. The van der Waals surface area contributed by atoms with Crippen molar-refractivity contribution in [3.8, 4) is 0 Å². The van der Waals surface area contributed by atoms with Gasteiger partial charge in [0, 0.05) is 12.8 Å². The molecule has 0 aromatic heterocycles. The van der Waals surface area contributed by atoms with Gasteiger partial charge in [-0.25, -0.2) is 0 Å². The van der Waals surface area contributed by atoms with E-state index in [9.17, 15) is 19.5 Å². The van der Waals surface area contributed by atoms with E-state index in [4.69, 9.17) is 18.9 Å². The number of esters is 2. The highest BCUT2D eigenvalue weighted by Gasteiger charge is 2.22. The molecule has 2 atom stereocenters. The topological polar surface area (TPSA) is 111 Å². The van der Waals surface area contributed by atoms with E-state index in [0.29, 0.717) is 23.9 Å². The second-order valence-electron chi connectivity index (χ2n) is 23.8. The molecule has 0 aromatic carbocycles. The van der Waals surface area contributed by atoms with E-state index in [1.54, 1.807) is 0 Å². The van der Waals surface area contributed by atoms with Gasteiger partial charge in [-0.3, -0.25) is 9.59 Å². The average molecular weight is 1110 g/mol. The van der Waals surface area contributed by atoms with Gasteiger partial charge in [0.25, 0.3) is 0 Å². The van der Waals surface area contributed by atoms with Gasteiger partial charge < -0.3 is 33.3 Å². The first kappa shape index (κ1) is 76.0. The Morgan fingerprint density at radius 2 is 0.684 bits per heavy atom. The lowest BCUT2D eigenvalue weighted by Crippen LogP contribution is -2.44. The molecule has 0 fully saturated rings. The molecule has 0 spiro atoms. The number of carbonyl (C=O) groups excluding carboxylic acids is 3. The van der Waals surface area contributed by atoms with Crippen LogP contribution < -0.4 is 5.11 Å². The minimum Gasteiger partial charge on any atom is -0.545 e. The van der Waals surface area contributed by atoms with Crippen LogP contribution >= 0.6 is 0 Å². The van der Waals surface area contributed by atoms with E-state index in [2.05, 4.69) is 74.6 Å². The second kappa shape index (κ2) is 61.1. The van der Waals surface area contributed by atoms with Crippen LogP contribution in [0.1, 0.15) is 309 Å². The zero-order chi connectivity index (χ0) is 57.6. The molecule has 0 saturated heterocycles. The summed E-state index contributed by atoms with van der Waals surface area (Å²) < 4.78 is 22.8. The Kier molecular flexibility index (Phi) is 58.7. The van der Waals surface area contributed by atoms with Crippen LogP contribution in [0.5, 0.6) is 0 Å². The molecular formula is C70H127NO8. The van der Waals surface area contributed by atoms with Crippen LogP contribution in [0.3, 0.4) is 0 Å². The van der Waals surface area contributed by atoms with Crippen molar-refractivity contribution in [2.45, 2.75) is 322 Å². The van der Waals surface area contributed by atoms with Crippen molar-refractivity contribution in [2.75, 3.05) is 47.5 Å². The molecule has 0 aliphatic heterocycles. The maximum Gasteiger partial charge on any atom is 0.306 e. The number of aliphatic carboxylic acids is 1. The Balaban J connectivity index is 4.15. The number of carboxylic acids is 1. The summed E-state index contributed by atoms with van der Waals surface area (Å²) >= 11 is 0. The third-order valence-electron chi connectivity index (χ3n) is 14.7. The van der Waals surface area contributed by atoms with Gasteiger partial charge in [-0.15, -0.1) is 0 Å². The molecule has 0 radical (unpaired) electrons. The molecule has 2 unspecified atom stereocenters. The van der Waals surface area contributed by atoms with Crippen molar-refractivity contribution in [1.29, 1.82) is 0 Å². The van der Waals surface area contributed by atoms with Gasteiger partial charge in [0.15, 0.2) is 12.4 Å². The summed E-state index contributed by atoms with van der Waals surface area (Å²) in [7, 11) is 5.93. The predicted octanol–water partition coefficient (Wildman–Crippen LogP) is 19.0.